The second-order valence-electron chi connectivity index (χ2n) is 5.29. The first-order valence-corrected chi connectivity index (χ1v) is 7.65. The number of carbonyl (C=O) groups excluding carboxylic acids is 1. The molecular weight excluding hydrogens is 330 g/mol. The van der Waals surface area contributed by atoms with Crippen molar-refractivity contribution in [2.24, 2.45) is 0 Å². The van der Waals surface area contributed by atoms with Crippen LogP contribution in [-0.4, -0.2) is 33.3 Å². The molecule has 0 aliphatic carbocycles. The van der Waals surface area contributed by atoms with E-state index in [0.29, 0.717) is 0 Å². The lowest BCUT2D eigenvalue weighted by atomic mass is 10.2. The Morgan fingerprint density at radius 1 is 1.16 bits per heavy atom. The fourth-order valence-corrected chi connectivity index (χ4v) is 2.45. The van der Waals surface area contributed by atoms with Gasteiger partial charge in [-0.15, -0.1) is 0 Å². The lowest BCUT2D eigenvalue weighted by Gasteiger charge is -2.14. The molecule has 0 aliphatic rings. The number of carboxylic acid groups (broad SMARTS) is 1. The second-order valence-corrected chi connectivity index (χ2v) is 5.29. The molecule has 0 aliphatic heterocycles. The van der Waals surface area contributed by atoms with Crippen LogP contribution in [0.1, 0.15) is 30.3 Å². The van der Waals surface area contributed by atoms with Gasteiger partial charge in [-0.05, 0) is 25.5 Å². The number of carbonyl (C=O) groups is 2. The van der Waals surface area contributed by atoms with Crippen LogP contribution in [0.25, 0.3) is 10.9 Å². The third-order valence-electron chi connectivity index (χ3n) is 3.57. The molecule has 2 N–H and O–H groups in total. The Hall–Kier alpha value is -3.16. The highest BCUT2D eigenvalue weighted by Crippen LogP contribution is 2.15. The molecule has 0 saturated carbocycles. The Kier molecular flexibility index (Phi) is 5.53. The SMILES string of the molecule is CCOC(=O)c1cc(=O)c2cc(=O)c(O)ccc2n1CCCC(=O)O. The molecule has 1 aromatic heterocycles. The molecule has 0 atom stereocenters. The number of carboxylic acids is 1. The Bertz CT molecular complexity index is 946. The minimum atomic E-state index is -0.993. The molecule has 132 valence electrons. The van der Waals surface area contributed by atoms with E-state index in [2.05, 4.69) is 0 Å². The molecule has 0 spiro atoms. The summed E-state index contributed by atoms with van der Waals surface area (Å²) < 4.78 is 6.37. The van der Waals surface area contributed by atoms with Crippen LogP contribution in [0.3, 0.4) is 0 Å². The summed E-state index contributed by atoms with van der Waals surface area (Å²) in [6.07, 6.45) is 0.0709. The monoisotopic (exact) mass is 347 g/mol. The van der Waals surface area contributed by atoms with E-state index >= 15 is 0 Å². The first-order valence-electron chi connectivity index (χ1n) is 7.65. The summed E-state index contributed by atoms with van der Waals surface area (Å²) in [5.41, 5.74) is -1.10. The van der Waals surface area contributed by atoms with Crippen molar-refractivity contribution in [3.63, 3.8) is 0 Å². The fourth-order valence-electron chi connectivity index (χ4n) is 2.45. The van der Waals surface area contributed by atoms with Crippen LogP contribution >= 0.6 is 0 Å². The van der Waals surface area contributed by atoms with Gasteiger partial charge in [-0.2, -0.15) is 0 Å². The molecule has 2 aromatic rings. The summed E-state index contributed by atoms with van der Waals surface area (Å²) in [7, 11) is 0. The van der Waals surface area contributed by atoms with E-state index in [0.717, 1.165) is 18.2 Å². The van der Waals surface area contributed by atoms with Gasteiger partial charge < -0.3 is 19.5 Å². The number of hydrogen-bond donors (Lipinski definition) is 2. The molecule has 0 saturated heterocycles. The van der Waals surface area contributed by atoms with Crippen molar-refractivity contribution < 1.29 is 24.5 Å². The number of aliphatic carboxylic acids is 1. The van der Waals surface area contributed by atoms with Gasteiger partial charge in [0, 0.05) is 30.5 Å². The zero-order valence-electron chi connectivity index (χ0n) is 13.5. The van der Waals surface area contributed by atoms with Gasteiger partial charge in [-0.25, -0.2) is 4.79 Å². The Morgan fingerprint density at radius 3 is 2.52 bits per heavy atom. The summed E-state index contributed by atoms with van der Waals surface area (Å²) >= 11 is 0. The topological polar surface area (TPSA) is 123 Å². The number of aryl methyl sites for hydroxylation is 1. The highest BCUT2D eigenvalue weighted by atomic mass is 16.5. The van der Waals surface area contributed by atoms with Gasteiger partial charge in [0.25, 0.3) is 0 Å². The molecule has 0 fully saturated rings. The average molecular weight is 347 g/mol. The lowest BCUT2D eigenvalue weighted by molar-refractivity contribution is -0.137. The molecule has 8 nitrogen and oxygen atoms in total. The van der Waals surface area contributed by atoms with E-state index in [1.807, 2.05) is 0 Å². The third-order valence-corrected chi connectivity index (χ3v) is 3.57. The number of pyridine rings is 1. The molecule has 0 amide bonds. The highest BCUT2D eigenvalue weighted by Gasteiger charge is 2.17. The largest absolute Gasteiger partial charge is 0.504 e. The normalized spacial score (nSPS) is 10.6. The molecule has 2 rings (SSSR count). The summed E-state index contributed by atoms with van der Waals surface area (Å²) in [4.78, 5) is 47.0. The maximum Gasteiger partial charge on any atom is 0.355 e. The van der Waals surface area contributed by atoms with Crippen molar-refractivity contribution in [2.75, 3.05) is 6.61 Å². The van der Waals surface area contributed by atoms with Crippen LogP contribution < -0.4 is 10.9 Å². The molecule has 0 unspecified atom stereocenters. The number of hydrogen-bond acceptors (Lipinski definition) is 6. The van der Waals surface area contributed by atoms with E-state index in [4.69, 9.17) is 9.84 Å². The van der Waals surface area contributed by atoms with Crippen LogP contribution in [0.15, 0.2) is 33.9 Å². The van der Waals surface area contributed by atoms with Gasteiger partial charge in [0.2, 0.25) is 5.43 Å². The van der Waals surface area contributed by atoms with Gasteiger partial charge in [0.05, 0.1) is 12.1 Å². The van der Waals surface area contributed by atoms with Crippen molar-refractivity contribution in [2.45, 2.75) is 26.3 Å². The summed E-state index contributed by atoms with van der Waals surface area (Å²) in [6, 6.07) is 4.52. The predicted octanol–water partition coefficient (Wildman–Crippen LogP) is 1.11. The molecule has 25 heavy (non-hydrogen) atoms. The first-order chi connectivity index (χ1) is 11.8. The zero-order chi connectivity index (χ0) is 18.6. The molecule has 0 bridgehead atoms. The Balaban J connectivity index is 2.74. The van der Waals surface area contributed by atoms with E-state index in [-0.39, 0.29) is 42.6 Å². The summed E-state index contributed by atoms with van der Waals surface area (Å²) in [5.74, 6) is -2.26. The number of nitrogens with zero attached hydrogens (tertiary/aromatic N) is 1. The van der Waals surface area contributed by atoms with Crippen LogP contribution in [0, 0.1) is 0 Å². The maximum absolute atomic E-state index is 12.3. The van der Waals surface area contributed by atoms with Crippen molar-refractivity contribution in [1.82, 2.24) is 4.57 Å². The number of esters is 1. The summed E-state index contributed by atoms with van der Waals surface area (Å²) in [5, 5.41) is 18.4. The number of rotatable bonds is 6. The molecule has 1 heterocycles. The van der Waals surface area contributed by atoms with Crippen molar-refractivity contribution >= 4 is 22.8 Å². The van der Waals surface area contributed by atoms with Gasteiger partial charge in [-0.1, -0.05) is 0 Å². The fraction of sp³-hybridized carbons (Fsp3) is 0.294. The van der Waals surface area contributed by atoms with Gasteiger partial charge in [0.15, 0.2) is 11.2 Å². The average Bonchev–Trinajstić information content (AvgIpc) is 2.69. The van der Waals surface area contributed by atoms with Crippen LogP contribution in [0.5, 0.6) is 5.75 Å². The van der Waals surface area contributed by atoms with Crippen LogP contribution in [0.2, 0.25) is 0 Å². The standard InChI is InChI=1S/C17H17NO7/c1-2-25-17(24)12-9-14(20)10-8-15(21)13(19)6-5-11(10)18(12)7-3-4-16(22)23/h5-6,8-9H,2-4,7H2,1H3,(H,19,21)(H,22,23). The third kappa shape index (κ3) is 4.03. The second kappa shape index (κ2) is 7.61. The molecular formula is C17H17NO7. The van der Waals surface area contributed by atoms with Crippen molar-refractivity contribution in [3.05, 3.63) is 50.4 Å². The van der Waals surface area contributed by atoms with E-state index < -0.39 is 28.5 Å². The highest BCUT2D eigenvalue weighted by molar-refractivity contribution is 5.91. The minimum absolute atomic E-state index is 0.0219. The number of ether oxygens (including phenoxy) is 1. The smallest absolute Gasteiger partial charge is 0.355 e. The van der Waals surface area contributed by atoms with Gasteiger partial charge >= 0.3 is 11.9 Å². The quantitative estimate of drug-likeness (QED) is 0.750. The number of aromatic hydroxyl groups is 1. The van der Waals surface area contributed by atoms with E-state index in [1.54, 1.807) is 6.92 Å². The van der Waals surface area contributed by atoms with Crippen LogP contribution in [-0.2, 0) is 16.1 Å². The van der Waals surface area contributed by atoms with E-state index in [1.165, 1.54) is 10.6 Å². The number of aromatic nitrogens is 1. The van der Waals surface area contributed by atoms with Crippen molar-refractivity contribution in [1.29, 1.82) is 0 Å². The summed E-state index contributed by atoms with van der Waals surface area (Å²) in [6.45, 7) is 1.85. The van der Waals surface area contributed by atoms with Crippen LogP contribution in [0.4, 0.5) is 0 Å². The minimum Gasteiger partial charge on any atom is -0.504 e. The number of fused-ring (bicyclic) bond motifs is 1. The van der Waals surface area contributed by atoms with Crippen molar-refractivity contribution in [3.8, 4) is 5.75 Å². The predicted molar refractivity (Wildman–Crippen MR) is 89.0 cm³/mol. The first kappa shape index (κ1) is 18.2. The Morgan fingerprint density at radius 2 is 1.88 bits per heavy atom. The lowest BCUT2D eigenvalue weighted by Crippen LogP contribution is -2.20. The molecule has 1 aromatic carbocycles. The van der Waals surface area contributed by atoms with Gasteiger partial charge in [-0.3, -0.25) is 14.4 Å². The Labute approximate surface area is 141 Å². The molecule has 8 heteroatoms. The maximum atomic E-state index is 12.3. The zero-order valence-corrected chi connectivity index (χ0v) is 13.5. The molecule has 0 radical (unpaired) electrons. The van der Waals surface area contributed by atoms with Gasteiger partial charge in [0.1, 0.15) is 5.69 Å². The van der Waals surface area contributed by atoms with E-state index in [9.17, 15) is 24.3 Å².